The first-order valence-electron chi connectivity index (χ1n) is 9.94. The van der Waals surface area contributed by atoms with E-state index in [1.165, 1.54) is 28.3 Å². The molecule has 0 radical (unpaired) electrons. The van der Waals surface area contributed by atoms with Gasteiger partial charge in [0, 0.05) is 18.8 Å². The molecule has 0 bridgehead atoms. The second-order valence-electron chi connectivity index (χ2n) is 7.34. The molecule has 1 aromatic heterocycles. The molecular weight excluding hydrogens is 460 g/mol. The van der Waals surface area contributed by atoms with E-state index in [1.807, 2.05) is 0 Å². The normalized spacial score (nSPS) is 15.5. The molecule has 168 valence electrons. The van der Waals surface area contributed by atoms with Gasteiger partial charge in [0.25, 0.3) is 5.56 Å². The predicted octanol–water partition coefficient (Wildman–Crippen LogP) is 3.13. The molecule has 1 aliphatic heterocycles. The van der Waals surface area contributed by atoms with Crippen molar-refractivity contribution in [2.24, 2.45) is 0 Å². The number of hydrogen-bond donors (Lipinski definition) is 1. The third-order valence-corrected chi connectivity index (χ3v) is 8.39. The van der Waals surface area contributed by atoms with Crippen LogP contribution in [-0.2, 0) is 21.4 Å². The number of aryl methyl sites for hydroxylation is 1. The molecule has 2 heterocycles. The van der Waals surface area contributed by atoms with Crippen molar-refractivity contribution in [2.45, 2.75) is 48.9 Å². The van der Waals surface area contributed by atoms with Gasteiger partial charge in [0.15, 0.2) is 0 Å². The molecule has 3 rings (SSSR count). The van der Waals surface area contributed by atoms with Crippen LogP contribution in [0.2, 0.25) is 5.02 Å². The van der Waals surface area contributed by atoms with Crippen molar-refractivity contribution in [2.75, 3.05) is 24.7 Å². The number of rotatable bonds is 6. The van der Waals surface area contributed by atoms with Crippen LogP contribution in [0, 0.1) is 6.92 Å². The van der Waals surface area contributed by atoms with Gasteiger partial charge in [-0.05, 0) is 43.7 Å². The second kappa shape index (κ2) is 10.2. The van der Waals surface area contributed by atoms with E-state index < -0.39 is 21.5 Å². The summed E-state index contributed by atoms with van der Waals surface area (Å²) in [4.78, 5) is 25.4. The molecule has 1 saturated heterocycles. The maximum atomic E-state index is 13.2. The molecule has 1 amide bonds. The summed E-state index contributed by atoms with van der Waals surface area (Å²) < 4.78 is 28.8. The summed E-state index contributed by atoms with van der Waals surface area (Å²) in [7, 11) is -3.66. The lowest BCUT2D eigenvalue weighted by molar-refractivity contribution is -0.117. The van der Waals surface area contributed by atoms with Crippen LogP contribution < -0.4 is 10.9 Å². The van der Waals surface area contributed by atoms with Crippen molar-refractivity contribution >= 4 is 45.0 Å². The summed E-state index contributed by atoms with van der Waals surface area (Å²) in [6.07, 6.45) is 6.93. The molecule has 1 aromatic carbocycles. The highest BCUT2D eigenvalue weighted by atomic mass is 35.5. The summed E-state index contributed by atoms with van der Waals surface area (Å²) in [6.45, 7) is 2.39. The van der Waals surface area contributed by atoms with Crippen LogP contribution in [0.3, 0.4) is 0 Å². The number of amides is 1. The standard InChI is InChI=1S/C20H25ClN4O4S2/c1-14-7-8-15(11-17(14)31(28,29)24-9-5-3-4-6-10-24)23-18(26)13-25-20(27)19(21)16(30-2)12-22-25/h7-8,11-12H,3-6,9-10,13H2,1-2H3,(H,23,26). The molecule has 11 heteroatoms. The maximum Gasteiger partial charge on any atom is 0.287 e. The molecule has 0 atom stereocenters. The number of carbonyl (C=O) groups is 1. The minimum absolute atomic E-state index is 0.0106. The van der Waals surface area contributed by atoms with Gasteiger partial charge >= 0.3 is 0 Å². The minimum atomic E-state index is -3.66. The Hall–Kier alpha value is -1.88. The highest BCUT2D eigenvalue weighted by molar-refractivity contribution is 7.98. The number of halogens is 1. The number of carbonyl (C=O) groups excluding carboxylic acids is 1. The van der Waals surface area contributed by atoms with Gasteiger partial charge in [0.05, 0.1) is 16.0 Å². The number of aromatic nitrogens is 2. The maximum absolute atomic E-state index is 13.2. The average Bonchev–Trinajstić information content (AvgIpc) is 3.03. The van der Waals surface area contributed by atoms with Crippen LogP contribution in [0.5, 0.6) is 0 Å². The molecule has 0 unspecified atom stereocenters. The summed E-state index contributed by atoms with van der Waals surface area (Å²) >= 11 is 7.31. The van der Waals surface area contributed by atoms with Crippen molar-refractivity contribution in [1.29, 1.82) is 0 Å². The van der Waals surface area contributed by atoms with Crippen LogP contribution in [0.25, 0.3) is 0 Å². The van der Waals surface area contributed by atoms with Crippen molar-refractivity contribution in [3.8, 4) is 0 Å². The van der Waals surface area contributed by atoms with E-state index in [0.717, 1.165) is 30.4 Å². The lowest BCUT2D eigenvalue weighted by Crippen LogP contribution is -2.32. The van der Waals surface area contributed by atoms with Crippen molar-refractivity contribution in [3.05, 3.63) is 45.3 Å². The third kappa shape index (κ3) is 5.49. The van der Waals surface area contributed by atoms with Gasteiger partial charge < -0.3 is 5.32 Å². The number of nitrogens with zero attached hydrogens (tertiary/aromatic N) is 3. The smallest absolute Gasteiger partial charge is 0.287 e. The number of sulfonamides is 1. The largest absolute Gasteiger partial charge is 0.324 e. The Balaban J connectivity index is 1.79. The highest BCUT2D eigenvalue weighted by Crippen LogP contribution is 2.26. The van der Waals surface area contributed by atoms with E-state index in [1.54, 1.807) is 25.3 Å². The Morgan fingerprint density at radius 3 is 2.55 bits per heavy atom. The highest BCUT2D eigenvalue weighted by Gasteiger charge is 2.27. The quantitative estimate of drug-likeness (QED) is 0.632. The average molecular weight is 485 g/mol. The topological polar surface area (TPSA) is 101 Å². The zero-order chi connectivity index (χ0) is 22.6. The molecule has 8 nitrogen and oxygen atoms in total. The Labute approximate surface area is 191 Å². The second-order valence-corrected chi connectivity index (χ2v) is 10.5. The lowest BCUT2D eigenvalue weighted by Gasteiger charge is -2.21. The van der Waals surface area contributed by atoms with Crippen molar-refractivity contribution in [1.82, 2.24) is 14.1 Å². The molecule has 2 aromatic rings. The van der Waals surface area contributed by atoms with Gasteiger partial charge in [-0.3, -0.25) is 9.59 Å². The van der Waals surface area contributed by atoms with Gasteiger partial charge in [-0.15, -0.1) is 11.8 Å². The zero-order valence-electron chi connectivity index (χ0n) is 17.4. The third-order valence-electron chi connectivity index (χ3n) is 5.12. The van der Waals surface area contributed by atoms with Gasteiger partial charge in [0.1, 0.15) is 11.6 Å². The van der Waals surface area contributed by atoms with Gasteiger partial charge in [-0.25, -0.2) is 13.1 Å². The Bertz CT molecular complexity index is 1130. The predicted molar refractivity (Wildman–Crippen MR) is 122 cm³/mol. The zero-order valence-corrected chi connectivity index (χ0v) is 19.8. The number of hydrogen-bond acceptors (Lipinski definition) is 6. The van der Waals surface area contributed by atoms with Crippen LogP contribution in [-0.4, -0.2) is 47.8 Å². The Kier molecular flexibility index (Phi) is 7.79. The Morgan fingerprint density at radius 1 is 1.23 bits per heavy atom. The number of nitrogens with one attached hydrogen (secondary N) is 1. The minimum Gasteiger partial charge on any atom is -0.324 e. The first-order valence-corrected chi connectivity index (χ1v) is 13.0. The molecule has 31 heavy (non-hydrogen) atoms. The van der Waals surface area contributed by atoms with Crippen LogP contribution in [0.1, 0.15) is 31.2 Å². The van der Waals surface area contributed by atoms with E-state index in [-0.39, 0.29) is 16.5 Å². The van der Waals surface area contributed by atoms with Gasteiger partial charge in [0.2, 0.25) is 15.9 Å². The first kappa shape index (κ1) is 23.8. The number of thioether (sulfide) groups is 1. The fourth-order valence-electron chi connectivity index (χ4n) is 3.42. The molecule has 1 N–H and O–H groups in total. The van der Waals surface area contributed by atoms with Gasteiger partial charge in [-0.2, -0.15) is 9.40 Å². The fraction of sp³-hybridized carbons (Fsp3) is 0.450. The molecule has 0 spiro atoms. The number of anilines is 1. The van der Waals surface area contributed by atoms with E-state index in [4.69, 9.17) is 11.6 Å². The molecule has 0 aliphatic carbocycles. The summed E-state index contributed by atoms with van der Waals surface area (Å²) in [5.41, 5.74) is 0.389. The summed E-state index contributed by atoms with van der Waals surface area (Å²) in [5.74, 6) is -0.510. The molecule has 1 fully saturated rings. The molecule has 0 saturated carbocycles. The van der Waals surface area contributed by atoms with Crippen LogP contribution in [0.15, 0.2) is 39.0 Å². The molecular formula is C20H25ClN4O4S2. The van der Waals surface area contributed by atoms with E-state index in [0.29, 0.717) is 29.2 Å². The fourth-order valence-corrected chi connectivity index (χ4v) is 5.98. The molecule has 1 aliphatic rings. The summed E-state index contributed by atoms with van der Waals surface area (Å²) in [5, 5.41) is 6.63. The number of benzene rings is 1. The monoisotopic (exact) mass is 484 g/mol. The van der Waals surface area contributed by atoms with Gasteiger partial charge in [-0.1, -0.05) is 30.5 Å². The Morgan fingerprint density at radius 2 is 1.90 bits per heavy atom. The van der Waals surface area contributed by atoms with E-state index in [9.17, 15) is 18.0 Å². The van der Waals surface area contributed by atoms with Crippen LogP contribution >= 0.6 is 23.4 Å². The van der Waals surface area contributed by atoms with Crippen molar-refractivity contribution in [3.63, 3.8) is 0 Å². The van der Waals surface area contributed by atoms with Crippen molar-refractivity contribution < 1.29 is 13.2 Å². The van der Waals surface area contributed by atoms with E-state index in [2.05, 4.69) is 10.4 Å². The van der Waals surface area contributed by atoms with Crippen LogP contribution in [0.4, 0.5) is 5.69 Å². The van der Waals surface area contributed by atoms with E-state index >= 15 is 0 Å². The lowest BCUT2D eigenvalue weighted by atomic mass is 10.2. The summed E-state index contributed by atoms with van der Waals surface area (Å²) in [6, 6.07) is 4.76. The first-order chi connectivity index (χ1) is 14.7. The SMILES string of the molecule is CSc1cnn(CC(=O)Nc2ccc(C)c(S(=O)(=O)N3CCCCCC3)c2)c(=O)c1Cl.